The average Bonchev–Trinajstić information content (AvgIpc) is 2.87. The van der Waals surface area contributed by atoms with E-state index in [4.69, 9.17) is 0 Å². The molecular weight excluding hydrogens is 246 g/mol. The topological polar surface area (TPSA) is 55.6 Å². The molecule has 2 rings (SSSR count). The van der Waals surface area contributed by atoms with Crippen LogP contribution >= 0.6 is 11.3 Å². The van der Waals surface area contributed by atoms with E-state index in [-0.39, 0.29) is 5.41 Å². The number of rotatable bonds is 4. The van der Waals surface area contributed by atoms with Crippen LogP contribution in [0.4, 0.5) is 0 Å². The number of aromatic nitrogens is 4. The van der Waals surface area contributed by atoms with Crippen molar-refractivity contribution >= 4 is 11.3 Å². The Balaban J connectivity index is 1.85. The van der Waals surface area contributed by atoms with Crippen molar-refractivity contribution in [2.75, 3.05) is 0 Å². The minimum Gasteiger partial charge on any atom is -0.304 e. The standard InChI is InChI=1S/C12H19N5S/c1-12(2,3)11-15-9(7-18-11)5-13-6-10-14-8-17(4)16-10/h7-8,13H,5-6H2,1-4H3. The molecule has 0 atom stereocenters. The molecule has 0 aliphatic rings. The molecule has 2 heterocycles. The first-order chi connectivity index (χ1) is 8.45. The molecule has 0 aliphatic carbocycles. The number of thiazole rings is 1. The Hall–Kier alpha value is -1.27. The molecule has 6 heteroatoms. The van der Waals surface area contributed by atoms with Crippen LogP contribution in [0, 0.1) is 0 Å². The monoisotopic (exact) mass is 265 g/mol. The van der Waals surface area contributed by atoms with Crippen molar-refractivity contribution in [3.05, 3.63) is 28.2 Å². The largest absolute Gasteiger partial charge is 0.304 e. The SMILES string of the molecule is Cn1cnc(CNCc2csc(C(C)(C)C)n2)n1. The van der Waals surface area contributed by atoms with Gasteiger partial charge in [0.25, 0.3) is 0 Å². The van der Waals surface area contributed by atoms with Crippen LogP contribution in [0.5, 0.6) is 0 Å². The molecule has 0 radical (unpaired) electrons. The van der Waals surface area contributed by atoms with Crippen LogP contribution in [-0.2, 0) is 25.6 Å². The lowest BCUT2D eigenvalue weighted by atomic mass is 9.98. The predicted octanol–water partition coefficient (Wildman–Crippen LogP) is 1.86. The van der Waals surface area contributed by atoms with Crippen molar-refractivity contribution in [2.24, 2.45) is 7.05 Å². The molecular formula is C12H19N5S. The maximum atomic E-state index is 4.63. The van der Waals surface area contributed by atoms with Gasteiger partial charge in [-0.25, -0.2) is 9.97 Å². The third-order valence-electron chi connectivity index (χ3n) is 2.43. The molecule has 0 saturated carbocycles. The normalized spacial score (nSPS) is 12.0. The van der Waals surface area contributed by atoms with E-state index in [0.717, 1.165) is 18.1 Å². The lowest BCUT2D eigenvalue weighted by molar-refractivity contribution is 0.578. The summed E-state index contributed by atoms with van der Waals surface area (Å²) in [5, 5.41) is 10.8. The van der Waals surface area contributed by atoms with Crippen LogP contribution in [0.15, 0.2) is 11.7 Å². The van der Waals surface area contributed by atoms with Crippen molar-refractivity contribution in [2.45, 2.75) is 39.3 Å². The molecule has 2 aromatic heterocycles. The maximum Gasteiger partial charge on any atom is 0.164 e. The maximum absolute atomic E-state index is 4.63. The summed E-state index contributed by atoms with van der Waals surface area (Å²) in [6, 6.07) is 0. The van der Waals surface area contributed by atoms with E-state index < -0.39 is 0 Å². The Morgan fingerprint density at radius 3 is 2.67 bits per heavy atom. The van der Waals surface area contributed by atoms with Gasteiger partial charge in [0.15, 0.2) is 5.82 Å². The highest BCUT2D eigenvalue weighted by Crippen LogP contribution is 2.25. The van der Waals surface area contributed by atoms with E-state index in [1.165, 1.54) is 5.01 Å². The van der Waals surface area contributed by atoms with Gasteiger partial charge in [0, 0.05) is 24.4 Å². The average molecular weight is 265 g/mol. The van der Waals surface area contributed by atoms with E-state index in [0.29, 0.717) is 6.54 Å². The van der Waals surface area contributed by atoms with Gasteiger partial charge in [-0.2, -0.15) is 5.10 Å². The summed E-state index contributed by atoms with van der Waals surface area (Å²) in [6.07, 6.45) is 1.71. The van der Waals surface area contributed by atoms with Gasteiger partial charge in [-0.15, -0.1) is 11.3 Å². The summed E-state index contributed by atoms with van der Waals surface area (Å²) in [5.74, 6) is 0.809. The van der Waals surface area contributed by atoms with Gasteiger partial charge in [-0.1, -0.05) is 20.8 Å². The summed E-state index contributed by atoms with van der Waals surface area (Å²) in [6.45, 7) is 7.97. The Morgan fingerprint density at radius 1 is 1.33 bits per heavy atom. The highest BCUT2D eigenvalue weighted by molar-refractivity contribution is 7.09. The zero-order valence-electron chi connectivity index (χ0n) is 11.3. The molecule has 0 aliphatic heterocycles. The Labute approximate surface area is 111 Å². The minimum atomic E-state index is 0.130. The molecule has 0 amide bonds. The highest BCUT2D eigenvalue weighted by atomic mass is 32.1. The van der Waals surface area contributed by atoms with Gasteiger partial charge in [0.05, 0.1) is 17.2 Å². The second-order valence-electron chi connectivity index (χ2n) is 5.33. The van der Waals surface area contributed by atoms with E-state index in [1.807, 2.05) is 7.05 Å². The fraction of sp³-hybridized carbons (Fsp3) is 0.583. The van der Waals surface area contributed by atoms with Crippen molar-refractivity contribution in [1.82, 2.24) is 25.1 Å². The Bertz CT molecular complexity index is 509. The quantitative estimate of drug-likeness (QED) is 0.916. The first-order valence-electron chi connectivity index (χ1n) is 5.95. The van der Waals surface area contributed by atoms with E-state index in [9.17, 15) is 0 Å². The number of hydrogen-bond donors (Lipinski definition) is 1. The summed E-state index contributed by atoms with van der Waals surface area (Å²) >= 11 is 1.72. The van der Waals surface area contributed by atoms with E-state index in [2.05, 4.69) is 46.5 Å². The van der Waals surface area contributed by atoms with Crippen LogP contribution in [0.1, 0.15) is 37.3 Å². The van der Waals surface area contributed by atoms with Crippen molar-refractivity contribution in [1.29, 1.82) is 0 Å². The van der Waals surface area contributed by atoms with Crippen molar-refractivity contribution in [3.63, 3.8) is 0 Å². The lowest BCUT2D eigenvalue weighted by Crippen LogP contribution is -2.15. The molecule has 1 N–H and O–H groups in total. The molecule has 5 nitrogen and oxygen atoms in total. The first kappa shape index (κ1) is 13.2. The number of hydrogen-bond acceptors (Lipinski definition) is 5. The number of aryl methyl sites for hydroxylation is 1. The number of nitrogens with zero attached hydrogens (tertiary/aromatic N) is 4. The highest BCUT2D eigenvalue weighted by Gasteiger charge is 2.17. The predicted molar refractivity (Wildman–Crippen MR) is 72.4 cm³/mol. The molecule has 0 spiro atoms. The van der Waals surface area contributed by atoms with Gasteiger partial charge in [0.1, 0.15) is 6.33 Å². The molecule has 0 aromatic carbocycles. The minimum absolute atomic E-state index is 0.130. The zero-order chi connectivity index (χ0) is 13.2. The molecule has 0 saturated heterocycles. The van der Waals surface area contributed by atoms with E-state index in [1.54, 1.807) is 22.3 Å². The smallest absolute Gasteiger partial charge is 0.164 e. The summed E-state index contributed by atoms with van der Waals surface area (Å²) < 4.78 is 1.71. The third-order valence-corrected chi connectivity index (χ3v) is 3.75. The van der Waals surface area contributed by atoms with Crippen molar-refractivity contribution < 1.29 is 0 Å². The fourth-order valence-electron chi connectivity index (χ4n) is 1.50. The fourth-order valence-corrected chi connectivity index (χ4v) is 2.41. The van der Waals surface area contributed by atoms with Crippen LogP contribution in [0.3, 0.4) is 0 Å². The Morgan fingerprint density at radius 2 is 2.11 bits per heavy atom. The van der Waals surface area contributed by atoms with Gasteiger partial charge in [-0.05, 0) is 0 Å². The van der Waals surface area contributed by atoms with Gasteiger partial charge >= 0.3 is 0 Å². The third kappa shape index (κ3) is 3.36. The molecule has 2 aromatic rings. The summed E-state index contributed by atoms with van der Waals surface area (Å²) in [4.78, 5) is 8.79. The van der Waals surface area contributed by atoms with Crippen molar-refractivity contribution in [3.8, 4) is 0 Å². The second-order valence-corrected chi connectivity index (χ2v) is 6.19. The molecule has 0 fully saturated rings. The molecule has 0 unspecified atom stereocenters. The van der Waals surface area contributed by atoms with Gasteiger partial charge in [0.2, 0.25) is 0 Å². The van der Waals surface area contributed by atoms with E-state index >= 15 is 0 Å². The van der Waals surface area contributed by atoms with Crippen LogP contribution in [0.2, 0.25) is 0 Å². The second kappa shape index (κ2) is 5.16. The van der Waals surface area contributed by atoms with Crippen LogP contribution in [0.25, 0.3) is 0 Å². The van der Waals surface area contributed by atoms with Crippen LogP contribution < -0.4 is 5.32 Å². The Kier molecular flexibility index (Phi) is 3.77. The van der Waals surface area contributed by atoms with Gasteiger partial charge < -0.3 is 5.32 Å². The lowest BCUT2D eigenvalue weighted by Gasteiger charge is -2.13. The molecule has 18 heavy (non-hydrogen) atoms. The summed E-state index contributed by atoms with van der Waals surface area (Å²) in [5.41, 5.74) is 1.21. The molecule has 0 bridgehead atoms. The van der Waals surface area contributed by atoms with Gasteiger partial charge in [-0.3, -0.25) is 4.68 Å². The molecule has 98 valence electrons. The first-order valence-corrected chi connectivity index (χ1v) is 6.83. The van der Waals surface area contributed by atoms with Crippen LogP contribution in [-0.4, -0.2) is 19.7 Å². The number of nitrogens with one attached hydrogen (secondary N) is 1. The summed E-state index contributed by atoms with van der Waals surface area (Å²) in [7, 11) is 1.87. The zero-order valence-corrected chi connectivity index (χ0v) is 12.1.